The molecule has 0 fully saturated rings. The van der Waals surface area contributed by atoms with Crippen LogP contribution in [0, 0.1) is 0 Å². The van der Waals surface area contributed by atoms with E-state index in [1.54, 1.807) is 11.8 Å². The smallest absolute Gasteiger partial charge is 0.110 e. The van der Waals surface area contributed by atoms with Gasteiger partial charge in [-0.2, -0.15) is 0 Å². The summed E-state index contributed by atoms with van der Waals surface area (Å²) in [6.07, 6.45) is 3.83. The molecular weight excluding hydrogens is 312 g/mol. The van der Waals surface area contributed by atoms with Gasteiger partial charge in [0.1, 0.15) is 5.03 Å². The minimum atomic E-state index is -0.156. The fourth-order valence-corrected chi connectivity index (χ4v) is 3.18. The maximum absolute atomic E-state index is 9.39. The largest absolute Gasteiger partial charge is 0.394 e. The Morgan fingerprint density at radius 2 is 2.33 bits per heavy atom. The van der Waals surface area contributed by atoms with E-state index in [0.717, 1.165) is 34.6 Å². The van der Waals surface area contributed by atoms with Crippen LogP contribution in [0.25, 0.3) is 0 Å². The molecular formula is C13H21BrN2OS. The van der Waals surface area contributed by atoms with E-state index in [0.29, 0.717) is 0 Å². The Hall–Kier alpha value is -0.100. The number of aromatic nitrogens is 1. The van der Waals surface area contributed by atoms with Crippen molar-refractivity contribution in [3.05, 3.63) is 22.8 Å². The standard InChI is InChI=1S/C13H21BrN2OS/c1-3-16-13(2,10-17)7-5-9-18-12-11(14)6-4-8-15-12/h4,6,8,16-17H,3,5,7,9-10H2,1-2H3. The van der Waals surface area contributed by atoms with Gasteiger partial charge in [0, 0.05) is 16.2 Å². The Bertz CT molecular complexity index is 365. The number of pyridine rings is 1. The fraction of sp³-hybridized carbons (Fsp3) is 0.615. The molecule has 0 spiro atoms. The molecule has 0 saturated carbocycles. The van der Waals surface area contributed by atoms with Crippen molar-refractivity contribution in [1.29, 1.82) is 0 Å². The molecule has 1 aromatic heterocycles. The van der Waals surface area contributed by atoms with Gasteiger partial charge in [0.2, 0.25) is 0 Å². The third-order valence-corrected chi connectivity index (χ3v) is 4.78. The summed E-state index contributed by atoms with van der Waals surface area (Å²) in [5.74, 6) is 1.01. The van der Waals surface area contributed by atoms with Crippen LogP contribution in [0.4, 0.5) is 0 Å². The Labute approximate surface area is 122 Å². The third kappa shape index (κ3) is 5.26. The van der Waals surface area contributed by atoms with Crippen molar-refractivity contribution in [2.24, 2.45) is 0 Å². The molecule has 1 rings (SSSR count). The number of thioether (sulfide) groups is 1. The molecule has 18 heavy (non-hydrogen) atoms. The zero-order valence-electron chi connectivity index (χ0n) is 10.9. The van der Waals surface area contributed by atoms with E-state index in [1.807, 2.05) is 18.3 Å². The van der Waals surface area contributed by atoms with Crippen LogP contribution in [0.1, 0.15) is 26.7 Å². The van der Waals surface area contributed by atoms with Crippen LogP contribution >= 0.6 is 27.7 Å². The van der Waals surface area contributed by atoms with E-state index < -0.39 is 0 Å². The molecule has 0 amide bonds. The van der Waals surface area contributed by atoms with Crippen molar-refractivity contribution in [1.82, 2.24) is 10.3 Å². The van der Waals surface area contributed by atoms with Gasteiger partial charge in [-0.1, -0.05) is 6.92 Å². The predicted molar refractivity (Wildman–Crippen MR) is 81.1 cm³/mol. The highest BCUT2D eigenvalue weighted by Crippen LogP contribution is 2.26. The van der Waals surface area contributed by atoms with Gasteiger partial charge in [0.15, 0.2) is 0 Å². The molecule has 0 saturated heterocycles. The lowest BCUT2D eigenvalue weighted by Gasteiger charge is -2.28. The molecule has 1 atom stereocenters. The fourth-order valence-electron chi connectivity index (χ4n) is 1.76. The highest BCUT2D eigenvalue weighted by atomic mass is 79.9. The number of aliphatic hydroxyl groups is 1. The van der Waals surface area contributed by atoms with Crippen molar-refractivity contribution < 1.29 is 5.11 Å². The number of hydrogen-bond donors (Lipinski definition) is 2. The van der Waals surface area contributed by atoms with Gasteiger partial charge >= 0.3 is 0 Å². The maximum atomic E-state index is 9.39. The predicted octanol–water partition coefficient (Wildman–Crippen LogP) is 3.08. The average molecular weight is 333 g/mol. The molecule has 1 heterocycles. The molecule has 0 aliphatic heterocycles. The summed E-state index contributed by atoms with van der Waals surface area (Å²) in [5, 5.41) is 13.8. The van der Waals surface area contributed by atoms with E-state index in [9.17, 15) is 5.11 Å². The normalized spacial score (nSPS) is 14.4. The summed E-state index contributed by atoms with van der Waals surface area (Å²) in [7, 11) is 0. The van der Waals surface area contributed by atoms with Crippen molar-refractivity contribution in [2.75, 3.05) is 18.9 Å². The van der Waals surface area contributed by atoms with Crippen LogP contribution in [-0.4, -0.2) is 34.5 Å². The van der Waals surface area contributed by atoms with E-state index in [-0.39, 0.29) is 12.1 Å². The second-order valence-electron chi connectivity index (χ2n) is 4.49. The summed E-state index contributed by atoms with van der Waals surface area (Å²) in [4.78, 5) is 4.32. The highest BCUT2D eigenvalue weighted by Gasteiger charge is 2.20. The van der Waals surface area contributed by atoms with Gasteiger partial charge in [0.05, 0.1) is 6.61 Å². The molecule has 0 radical (unpaired) electrons. The average Bonchev–Trinajstić information content (AvgIpc) is 2.37. The van der Waals surface area contributed by atoms with Crippen LogP contribution in [0.2, 0.25) is 0 Å². The first-order valence-corrected chi connectivity index (χ1v) is 7.98. The quantitative estimate of drug-likeness (QED) is 0.567. The summed E-state index contributed by atoms with van der Waals surface area (Å²) >= 11 is 5.24. The van der Waals surface area contributed by atoms with Crippen LogP contribution in [0.5, 0.6) is 0 Å². The lowest BCUT2D eigenvalue weighted by molar-refractivity contribution is 0.167. The summed E-state index contributed by atoms with van der Waals surface area (Å²) in [6, 6.07) is 3.92. The van der Waals surface area contributed by atoms with E-state index in [2.05, 4.69) is 40.1 Å². The lowest BCUT2D eigenvalue weighted by atomic mass is 9.97. The Morgan fingerprint density at radius 3 is 2.94 bits per heavy atom. The van der Waals surface area contributed by atoms with Crippen molar-refractivity contribution in [2.45, 2.75) is 37.3 Å². The molecule has 0 bridgehead atoms. The number of nitrogens with zero attached hydrogens (tertiary/aromatic N) is 1. The van der Waals surface area contributed by atoms with Crippen molar-refractivity contribution in [3.63, 3.8) is 0 Å². The molecule has 0 aliphatic rings. The molecule has 0 aromatic carbocycles. The van der Waals surface area contributed by atoms with Gasteiger partial charge < -0.3 is 10.4 Å². The van der Waals surface area contributed by atoms with Gasteiger partial charge in [-0.15, -0.1) is 11.8 Å². The Morgan fingerprint density at radius 1 is 1.56 bits per heavy atom. The molecule has 1 aromatic rings. The SMILES string of the molecule is CCNC(C)(CO)CCCSc1ncccc1Br. The number of likely N-dealkylation sites (N-methyl/N-ethyl adjacent to an activating group) is 1. The number of hydrogen-bond acceptors (Lipinski definition) is 4. The first kappa shape index (κ1) is 16.0. The molecule has 5 heteroatoms. The minimum absolute atomic E-state index is 0.156. The Balaban J connectivity index is 2.32. The van der Waals surface area contributed by atoms with E-state index in [1.165, 1.54) is 0 Å². The van der Waals surface area contributed by atoms with Gasteiger partial charge in [0.25, 0.3) is 0 Å². The zero-order valence-corrected chi connectivity index (χ0v) is 13.4. The van der Waals surface area contributed by atoms with Gasteiger partial charge in [-0.3, -0.25) is 0 Å². The van der Waals surface area contributed by atoms with Crippen molar-refractivity contribution in [3.8, 4) is 0 Å². The van der Waals surface area contributed by atoms with Crippen LogP contribution < -0.4 is 5.32 Å². The van der Waals surface area contributed by atoms with E-state index >= 15 is 0 Å². The number of aliphatic hydroxyl groups excluding tert-OH is 1. The Kier molecular flexibility index (Phi) is 7.22. The number of rotatable bonds is 8. The monoisotopic (exact) mass is 332 g/mol. The minimum Gasteiger partial charge on any atom is -0.394 e. The maximum Gasteiger partial charge on any atom is 0.110 e. The highest BCUT2D eigenvalue weighted by molar-refractivity contribution is 9.10. The second kappa shape index (κ2) is 8.15. The van der Waals surface area contributed by atoms with Crippen molar-refractivity contribution >= 4 is 27.7 Å². The summed E-state index contributed by atoms with van der Waals surface area (Å²) in [6.45, 7) is 5.19. The van der Waals surface area contributed by atoms with Crippen LogP contribution in [-0.2, 0) is 0 Å². The summed E-state index contributed by atoms with van der Waals surface area (Å²) in [5.41, 5.74) is -0.156. The molecule has 2 N–H and O–H groups in total. The molecule has 1 unspecified atom stereocenters. The lowest BCUT2D eigenvalue weighted by Crippen LogP contribution is -2.45. The summed E-state index contributed by atoms with van der Waals surface area (Å²) < 4.78 is 1.05. The van der Waals surface area contributed by atoms with Crippen LogP contribution in [0.3, 0.4) is 0 Å². The first-order chi connectivity index (χ1) is 8.61. The first-order valence-electron chi connectivity index (χ1n) is 6.20. The third-order valence-electron chi connectivity index (χ3n) is 2.79. The number of halogens is 1. The molecule has 3 nitrogen and oxygen atoms in total. The second-order valence-corrected chi connectivity index (χ2v) is 6.43. The molecule has 0 aliphatic carbocycles. The van der Waals surface area contributed by atoms with Gasteiger partial charge in [-0.25, -0.2) is 4.98 Å². The zero-order chi connectivity index (χ0) is 13.4. The topological polar surface area (TPSA) is 45.1 Å². The van der Waals surface area contributed by atoms with Crippen LogP contribution in [0.15, 0.2) is 27.8 Å². The van der Waals surface area contributed by atoms with Gasteiger partial charge in [-0.05, 0) is 60.1 Å². The van der Waals surface area contributed by atoms with E-state index in [4.69, 9.17) is 0 Å². The number of nitrogens with one attached hydrogen (secondary N) is 1. The molecule has 102 valence electrons.